The van der Waals surface area contributed by atoms with Crippen molar-refractivity contribution in [2.75, 3.05) is 23.7 Å². The second-order valence-corrected chi connectivity index (χ2v) is 4.75. The van der Waals surface area contributed by atoms with Gasteiger partial charge in [-0.15, -0.1) is 0 Å². The number of ether oxygens (including phenoxy) is 1. The lowest BCUT2D eigenvalue weighted by Crippen LogP contribution is -2.56. The summed E-state index contributed by atoms with van der Waals surface area (Å²) in [4.78, 5) is 10.5. The van der Waals surface area contributed by atoms with Crippen molar-refractivity contribution in [3.63, 3.8) is 0 Å². The zero-order valence-electron chi connectivity index (χ0n) is 9.67. The molecule has 0 aromatic carbocycles. The zero-order chi connectivity index (χ0) is 11.8. The number of hydrogen-bond donors (Lipinski definition) is 2. The lowest BCUT2D eigenvalue weighted by atomic mass is 10.1. The van der Waals surface area contributed by atoms with E-state index in [9.17, 15) is 0 Å². The molecule has 0 atom stereocenters. The van der Waals surface area contributed by atoms with Gasteiger partial charge in [-0.05, 0) is 12.8 Å². The fourth-order valence-electron chi connectivity index (χ4n) is 1.88. The third kappa shape index (κ3) is 2.48. The molecule has 3 rings (SSSR count). The van der Waals surface area contributed by atoms with E-state index in [1.54, 1.807) is 0 Å². The van der Waals surface area contributed by atoms with Crippen LogP contribution in [0.15, 0.2) is 6.07 Å². The van der Waals surface area contributed by atoms with E-state index < -0.39 is 0 Å². The predicted octanol–water partition coefficient (Wildman–Crippen LogP) is -0.115. The molecule has 2 fully saturated rings. The molecule has 1 aliphatic carbocycles. The number of hydrogen-bond acceptors (Lipinski definition) is 6. The minimum Gasteiger partial charge on any atom is -0.372 e. The molecule has 1 aromatic heterocycles. The fourth-order valence-corrected chi connectivity index (χ4v) is 1.88. The Hall–Kier alpha value is -1.40. The summed E-state index contributed by atoms with van der Waals surface area (Å²) in [6, 6.07) is 2.18. The van der Waals surface area contributed by atoms with E-state index in [1.807, 2.05) is 6.07 Å². The highest BCUT2D eigenvalue weighted by Crippen LogP contribution is 2.25. The van der Waals surface area contributed by atoms with Crippen LogP contribution >= 0.6 is 0 Å². The Balaban J connectivity index is 1.69. The third-order valence-corrected chi connectivity index (χ3v) is 3.01. The molecule has 0 unspecified atom stereocenters. The molecule has 0 bridgehead atoms. The Morgan fingerprint density at radius 3 is 2.76 bits per heavy atom. The maximum Gasteiger partial charge on any atom is 0.222 e. The molecule has 2 heterocycles. The highest BCUT2D eigenvalue weighted by molar-refractivity contribution is 5.46. The summed E-state index contributed by atoms with van der Waals surface area (Å²) in [5.41, 5.74) is 12.3. The normalized spacial score (nSPS) is 20.4. The van der Waals surface area contributed by atoms with Gasteiger partial charge in [0.25, 0.3) is 0 Å². The van der Waals surface area contributed by atoms with Gasteiger partial charge in [-0.1, -0.05) is 0 Å². The van der Waals surface area contributed by atoms with Crippen LogP contribution in [0.1, 0.15) is 18.5 Å². The molecule has 2 aliphatic rings. The maximum absolute atomic E-state index is 5.75. The Morgan fingerprint density at radius 2 is 2.12 bits per heavy atom. The van der Waals surface area contributed by atoms with Crippen molar-refractivity contribution in [2.45, 2.75) is 31.6 Å². The molecule has 0 radical (unpaired) electrons. The van der Waals surface area contributed by atoms with Crippen LogP contribution in [-0.2, 0) is 11.3 Å². The van der Waals surface area contributed by atoms with Crippen LogP contribution in [-0.4, -0.2) is 35.2 Å². The molecule has 1 aliphatic heterocycles. The molecule has 1 saturated heterocycles. The molecular weight excluding hydrogens is 218 g/mol. The first-order valence-corrected chi connectivity index (χ1v) is 5.96. The minimum atomic E-state index is 0.248. The summed E-state index contributed by atoms with van der Waals surface area (Å²) in [5, 5.41) is 0. The minimum absolute atomic E-state index is 0.248. The Labute approximate surface area is 100.0 Å². The van der Waals surface area contributed by atoms with Gasteiger partial charge in [0.15, 0.2) is 0 Å². The van der Waals surface area contributed by atoms with E-state index in [2.05, 4.69) is 14.9 Å². The second-order valence-electron chi connectivity index (χ2n) is 4.75. The van der Waals surface area contributed by atoms with E-state index in [0.717, 1.165) is 37.4 Å². The Kier molecular flexibility index (Phi) is 2.60. The molecule has 6 nitrogen and oxygen atoms in total. The van der Waals surface area contributed by atoms with Crippen LogP contribution in [0.5, 0.6) is 0 Å². The summed E-state index contributed by atoms with van der Waals surface area (Å²) < 4.78 is 5.61. The molecule has 6 heteroatoms. The standard InChI is InChI=1S/C11H17N5O/c12-7-4-16(5-7)10-3-8(14-11(13)15-10)6-17-9-1-2-9/h3,7,9H,1-2,4-6,12H2,(H2,13,14,15). The highest BCUT2D eigenvalue weighted by Gasteiger charge is 2.26. The van der Waals surface area contributed by atoms with Crippen molar-refractivity contribution in [3.05, 3.63) is 11.8 Å². The number of anilines is 2. The summed E-state index contributed by atoms with van der Waals surface area (Å²) in [6.07, 6.45) is 2.75. The number of nitrogens with two attached hydrogens (primary N) is 2. The fraction of sp³-hybridized carbons (Fsp3) is 0.636. The lowest BCUT2D eigenvalue weighted by Gasteiger charge is -2.37. The first kappa shape index (κ1) is 10.7. The van der Waals surface area contributed by atoms with Gasteiger partial charge in [0.1, 0.15) is 5.82 Å². The van der Waals surface area contributed by atoms with Crippen molar-refractivity contribution in [1.29, 1.82) is 0 Å². The van der Waals surface area contributed by atoms with Gasteiger partial charge >= 0.3 is 0 Å². The number of nitrogen functional groups attached to an aromatic ring is 1. The molecule has 1 saturated carbocycles. The van der Waals surface area contributed by atoms with E-state index in [4.69, 9.17) is 16.2 Å². The summed E-state index contributed by atoms with van der Waals surface area (Å²) >= 11 is 0. The molecule has 92 valence electrons. The van der Waals surface area contributed by atoms with Crippen LogP contribution in [0.25, 0.3) is 0 Å². The predicted molar refractivity (Wildman–Crippen MR) is 64.4 cm³/mol. The number of aromatic nitrogens is 2. The molecular formula is C11H17N5O. The first-order chi connectivity index (χ1) is 8.20. The van der Waals surface area contributed by atoms with Crippen LogP contribution in [0.2, 0.25) is 0 Å². The largest absolute Gasteiger partial charge is 0.372 e. The maximum atomic E-state index is 5.75. The summed E-state index contributed by atoms with van der Waals surface area (Å²) in [5.74, 6) is 1.16. The molecule has 0 spiro atoms. The van der Waals surface area contributed by atoms with Crippen molar-refractivity contribution in [3.8, 4) is 0 Å². The van der Waals surface area contributed by atoms with Gasteiger partial charge in [-0.2, -0.15) is 4.98 Å². The van der Waals surface area contributed by atoms with Crippen LogP contribution < -0.4 is 16.4 Å². The van der Waals surface area contributed by atoms with E-state index in [0.29, 0.717) is 18.7 Å². The average Bonchev–Trinajstić information content (AvgIpc) is 3.05. The summed E-state index contributed by atoms with van der Waals surface area (Å²) in [7, 11) is 0. The molecule has 17 heavy (non-hydrogen) atoms. The smallest absolute Gasteiger partial charge is 0.222 e. The molecule has 1 aromatic rings. The topological polar surface area (TPSA) is 90.3 Å². The number of rotatable bonds is 4. The second kappa shape index (κ2) is 4.12. The van der Waals surface area contributed by atoms with Crippen LogP contribution in [0.3, 0.4) is 0 Å². The van der Waals surface area contributed by atoms with E-state index >= 15 is 0 Å². The van der Waals surface area contributed by atoms with Crippen molar-refractivity contribution in [2.24, 2.45) is 5.73 Å². The third-order valence-electron chi connectivity index (χ3n) is 3.01. The summed E-state index contributed by atoms with van der Waals surface area (Å²) in [6.45, 7) is 2.18. The zero-order valence-corrected chi connectivity index (χ0v) is 9.67. The van der Waals surface area contributed by atoms with Gasteiger partial charge in [0, 0.05) is 25.2 Å². The Morgan fingerprint density at radius 1 is 1.35 bits per heavy atom. The monoisotopic (exact) mass is 235 g/mol. The van der Waals surface area contributed by atoms with E-state index in [-0.39, 0.29) is 6.04 Å². The van der Waals surface area contributed by atoms with Crippen molar-refractivity contribution in [1.82, 2.24) is 9.97 Å². The van der Waals surface area contributed by atoms with Gasteiger partial charge in [0.05, 0.1) is 18.4 Å². The molecule has 0 amide bonds. The molecule has 4 N–H and O–H groups in total. The van der Waals surface area contributed by atoms with Crippen molar-refractivity contribution < 1.29 is 4.74 Å². The lowest BCUT2D eigenvalue weighted by molar-refractivity contribution is 0.103. The Bertz CT molecular complexity index is 414. The SMILES string of the molecule is Nc1nc(COC2CC2)cc(N2CC(N)C2)n1. The van der Waals surface area contributed by atoms with Gasteiger partial charge < -0.3 is 21.1 Å². The van der Waals surface area contributed by atoms with E-state index in [1.165, 1.54) is 0 Å². The van der Waals surface area contributed by atoms with Gasteiger partial charge in [-0.25, -0.2) is 4.98 Å². The average molecular weight is 235 g/mol. The number of nitrogens with zero attached hydrogens (tertiary/aromatic N) is 3. The first-order valence-electron chi connectivity index (χ1n) is 5.96. The van der Waals surface area contributed by atoms with Gasteiger partial charge in [0.2, 0.25) is 5.95 Å². The quantitative estimate of drug-likeness (QED) is 0.756. The van der Waals surface area contributed by atoms with Crippen LogP contribution in [0.4, 0.5) is 11.8 Å². The van der Waals surface area contributed by atoms with Crippen LogP contribution in [0, 0.1) is 0 Å². The van der Waals surface area contributed by atoms with Crippen molar-refractivity contribution >= 4 is 11.8 Å². The van der Waals surface area contributed by atoms with Gasteiger partial charge in [-0.3, -0.25) is 0 Å². The highest BCUT2D eigenvalue weighted by atomic mass is 16.5.